The predicted molar refractivity (Wildman–Crippen MR) is 66.6 cm³/mol. The van der Waals surface area contributed by atoms with Gasteiger partial charge in [0.1, 0.15) is 6.23 Å². The van der Waals surface area contributed by atoms with E-state index in [1.165, 1.54) is 0 Å². The minimum Gasteiger partial charge on any atom is -0.358 e. The van der Waals surface area contributed by atoms with Crippen LogP contribution in [0.25, 0.3) is 10.9 Å². The van der Waals surface area contributed by atoms with E-state index in [1.54, 1.807) is 0 Å². The van der Waals surface area contributed by atoms with Gasteiger partial charge in [-0.1, -0.05) is 17.7 Å². The maximum atomic E-state index is 11.1. The summed E-state index contributed by atoms with van der Waals surface area (Å²) in [7, 11) is 0. The average Bonchev–Trinajstić information content (AvgIpc) is 2.94. The van der Waals surface area contributed by atoms with Gasteiger partial charge in [-0.25, -0.2) is 0 Å². The zero-order chi connectivity index (χ0) is 11.8. The first-order valence-corrected chi connectivity index (χ1v) is 6.05. The van der Waals surface area contributed by atoms with Crippen LogP contribution in [-0.2, 0) is 4.74 Å². The van der Waals surface area contributed by atoms with E-state index in [2.05, 4.69) is 0 Å². The first-order chi connectivity index (χ1) is 8.31. The van der Waals surface area contributed by atoms with E-state index >= 15 is 0 Å². The number of hydrogen-bond acceptors (Lipinski definition) is 2. The fourth-order valence-corrected chi connectivity index (χ4v) is 2.64. The number of aldehydes is 1. The van der Waals surface area contributed by atoms with Gasteiger partial charge in [0, 0.05) is 17.0 Å². The summed E-state index contributed by atoms with van der Waals surface area (Å²) in [5, 5.41) is 1.58. The number of hydrogen-bond donors (Lipinski definition) is 0. The second-order valence-electron chi connectivity index (χ2n) is 4.20. The summed E-state index contributed by atoms with van der Waals surface area (Å²) >= 11 is 6.14. The molecule has 0 spiro atoms. The summed E-state index contributed by atoms with van der Waals surface area (Å²) < 4.78 is 7.59. The number of rotatable bonds is 2. The second kappa shape index (κ2) is 4.17. The third-order valence-corrected chi connectivity index (χ3v) is 3.50. The summed E-state index contributed by atoms with van der Waals surface area (Å²) in [6, 6.07) is 7.52. The van der Waals surface area contributed by atoms with Gasteiger partial charge in [0.15, 0.2) is 6.29 Å². The van der Waals surface area contributed by atoms with Gasteiger partial charge in [-0.15, -0.1) is 0 Å². The van der Waals surface area contributed by atoms with E-state index in [1.807, 2.05) is 28.8 Å². The lowest BCUT2D eigenvalue weighted by atomic mass is 10.2. The molecule has 1 aliphatic heterocycles. The highest BCUT2D eigenvalue weighted by molar-refractivity contribution is 6.35. The molecule has 2 heterocycles. The highest BCUT2D eigenvalue weighted by Crippen LogP contribution is 2.33. The van der Waals surface area contributed by atoms with Crippen molar-refractivity contribution in [3.8, 4) is 0 Å². The molecule has 4 heteroatoms. The lowest BCUT2D eigenvalue weighted by molar-refractivity contribution is 0.0579. The Morgan fingerprint density at radius 3 is 3.06 bits per heavy atom. The van der Waals surface area contributed by atoms with Crippen molar-refractivity contribution >= 4 is 28.8 Å². The van der Waals surface area contributed by atoms with Gasteiger partial charge in [0.25, 0.3) is 0 Å². The number of carbonyl (C=O) groups is 1. The van der Waals surface area contributed by atoms with Crippen LogP contribution < -0.4 is 0 Å². The van der Waals surface area contributed by atoms with Crippen LogP contribution in [0, 0.1) is 0 Å². The van der Waals surface area contributed by atoms with Crippen molar-refractivity contribution in [1.82, 2.24) is 4.57 Å². The Hall–Kier alpha value is -1.32. The highest BCUT2D eigenvalue weighted by atomic mass is 35.5. The van der Waals surface area contributed by atoms with E-state index in [4.69, 9.17) is 16.3 Å². The van der Waals surface area contributed by atoms with Crippen molar-refractivity contribution in [3.05, 3.63) is 35.0 Å². The fraction of sp³-hybridized carbons (Fsp3) is 0.308. The molecule has 1 saturated heterocycles. The van der Waals surface area contributed by atoms with Gasteiger partial charge in [-0.3, -0.25) is 4.79 Å². The Balaban J connectivity index is 2.26. The SMILES string of the molecule is O=Cc1cc2c(Cl)cccc2n1C1CCCO1. The molecule has 3 nitrogen and oxygen atoms in total. The zero-order valence-electron chi connectivity index (χ0n) is 9.23. The quantitative estimate of drug-likeness (QED) is 0.764. The molecule has 1 fully saturated rings. The predicted octanol–water partition coefficient (Wildman–Crippen LogP) is 3.42. The molecule has 0 N–H and O–H groups in total. The molecule has 1 atom stereocenters. The Labute approximate surface area is 104 Å². The van der Waals surface area contributed by atoms with Crippen LogP contribution in [0.5, 0.6) is 0 Å². The maximum absolute atomic E-state index is 11.1. The first kappa shape index (κ1) is 10.8. The maximum Gasteiger partial charge on any atom is 0.166 e. The van der Waals surface area contributed by atoms with Crippen LogP contribution in [0.3, 0.4) is 0 Å². The lowest BCUT2D eigenvalue weighted by Crippen LogP contribution is -2.09. The zero-order valence-corrected chi connectivity index (χ0v) is 9.98. The van der Waals surface area contributed by atoms with E-state index < -0.39 is 0 Å². The largest absolute Gasteiger partial charge is 0.358 e. The van der Waals surface area contributed by atoms with Crippen LogP contribution in [0.2, 0.25) is 5.02 Å². The number of ether oxygens (including phenoxy) is 1. The van der Waals surface area contributed by atoms with Gasteiger partial charge >= 0.3 is 0 Å². The van der Waals surface area contributed by atoms with Crippen LogP contribution in [0.15, 0.2) is 24.3 Å². The standard InChI is InChI=1S/C13H12ClNO2/c14-11-3-1-4-12-10(11)7-9(8-16)15(12)13-5-2-6-17-13/h1,3-4,7-8,13H,2,5-6H2. The molecule has 1 aliphatic rings. The number of carbonyl (C=O) groups excluding carboxylic acids is 1. The molecule has 0 radical (unpaired) electrons. The third-order valence-electron chi connectivity index (χ3n) is 3.17. The van der Waals surface area contributed by atoms with Gasteiger partial charge in [0.2, 0.25) is 0 Å². The molecule has 0 bridgehead atoms. The summed E-state index contributed by atoms with van der Waals surface area (Å²) in [5.41, 5.74) is 1.59. The monoisotopic (exact) mass is 249 g/mol. The normalized spacial score (nSPS) is 19.9. The van der Waals surface area contributed by atoms with Crippen LogP contribution in [0.4, 0.5) is 0 Å². The number of benzene rings is 1. The van der Waals surface area contributed by atoms with Crippen LogP contribution >= 0.6 is 11.6 Å². The van der Waals surface area contributed by atoms with Gasteiger partial charge in [-0.05, 0) is 31.0 Å². The number of halogens is 1. The molecule has 3 rings (SSSR count). The summed E-state index contributed by atoms with van der Waals surface area (Å²) in [6.45, 7) is 0.753. The molecule has 1 aromatic heterocycles. The van der Waals surface area contributed by atoms with Crippen molar-refractivity contribution in [2.24, 2.45) is 0 Å². The highest BCUT2D eigenvalue weighted by Gasteiger charge is 2.22. The Bertz CT molecular complexity index is 570. The third kappa shape index (κ3) is 1.66. The summed E-state index contributed by atoms with van der Waals surface area (Å²) in [6.07, 6.45) is 2.80. The number of nitrogens with zero attached hydrogens (tertiary/aromatic N) is 1. The van der Waals surface area contributed by atoms with Crippen molar-refractivity contribution in [2.75, 3.05) is 6.61 Å². The van der Waals surface area contributed by atoms with Crippen molar-refractivity contribution < 1.29 is 9.53 Å². The molecule has 1 unspecified atom stereocenters. The molecule has 17 heavy (non-hydrogen) atoms. The van der Waals surface area contributed by atoms with Crippen molar-refractivity contribution in [3.63, 3.8) is 0 Å². The first-order valence-electron chi connectivity index (χ1n) is 5.67. The van der Waals surface area contributed by atoms with E-state index in [0.29, 0.717) is 10.7 Å². The van der Waals surface area contributed by atoms with E-state index in [0.717, 1.165) is 36.6 Å². The molecule has 1 aromatic carbocycles. The van der Waals surface area contributed by atoms with Crippen molar-refractivity contribution in [2.45, 2.75) is 19.1 Å². The Morgan fingerprint density at radius 2 is 2.35 bits per heavy atom. The van der Waals surface area contributed by atoms with Gasteiger partial charge < -0.3 is 9.30 Å². The fourth-order valence-electron chi connectivity index (χ4n) is 2.41. The minimum absolute atomic E-state index is 0.0360. The minimum atomic E-state index is -0.0360. The second-order valence-corrected chi connectivity index (χ2v) is 4.60. The Kier molecular flexibility index (Phi) is 2.65. The smallest absolute Gasteiger partial charge is 0.166 e. The molecule has 2 aromatic rings. The van der Waals surface area contributed by atoms with Crippen LogP contribution in [0.1, 0.15) is 29.6 Å². The number of aromatic nitrogens is 1. The summed E-state index contributed by atoms with van der Waals surface area (Å²) in [4.78, 5) is 11.1. The molecule has 0 saturated carbocycles. The average molecular weight is 250 g/mol. The van der Waals surface area contributed by atoms with Gasteiger partial charge in [-0.2, -0.15) is 0 Å². The Morgan fingerprint density at radius 1 is 1.47 bits per heavy atom. The van der Waals surface area contributed by atoms with Gasteiger partial charge in [0.05, 0.1) is 11.2 Å². The van der Waals surface area contributed by atoms with Crippen LogP contribution in [-0.4, -0.2) is 17.5 Å². The molecular weight excluding hydrogens is 238 g/mol. The number of fused-ring (bicyclic) bond motifs is 1. The lowest BCUT2D eigenvalue weighted by Gasteiger charge is -2.15. The summed E-state index contributed by atoms with van der Waals surface area (Å²) in [5.74, 6) is 0. The molecule has 0 amide bonds. The molecule has 88 valence electrons. The van der Waals surface area contributed by atoms with Crippen molar-refractivity contribution in [1.29, 1.82) is 0 Å². The molecular formula is C13H12ClNO2. The topological polar surface area (TPSA) is 31.2 Å². The van der Waals surface area contributed by atoms with E-state index in [9.17, 15) is 4.79 Å². The molecule has 0 aliphatic carbocycles. The van der Waals surface area contributed by atoms with E-state index in [-0.39, 0.29) is 6.23 Å².